The van der Waals surface area contributed by atoms with Crippen LogP contribution in [0.4, 0.5) is 5.82 Å². The largest absolute Gasteiger partial charge is 0.459 e. The lowest BCUT2D eigenvalue weighted by Gasteiger charge is -2.28. The van der Waals surface area contributed by atoms with E-state index >= 15 is 0 Å². The van der Waals surface area contributed by atoms with Gasteiger partial charge in [-0.2, -0.15) is 0 Å². The van der Waals surface area contributed by atoms with Gasteiger partial charge in [-0.15, -0.1) is 0 Å². The van der Waals surface area contributed by atoms with Gasteiger partial charge in [0.2, 0.25) is 0 Å². The monoisotopic (exact) mass is 382 g/mol. The van der Waals surface area contributed by atoms with E-state index in [0.29, 0.717) is 11.6 Å². The third kappa shape index (κ3) is 4.68. The van der Waals surface area contributed by atoms with Gasteiger partial charge in [0, 0.05) is 44.3 Å². The van der Waals surface area contributed by atoms with Crippen molar-refractivity contribution in [1.82, 2.24) is 14.9 Å². The van der Waals surface area contributed by atoms with Crippen LogP contribution in [-0.4, -0.2) is 52.6 Å². The van der Waals surface area contributed by atoms with Crippen molar-refractivity contribution in [2.75, 3.05) is 24.5 Å². The molecule has 0 bridgehead atoms. The quantitative estimate of drug-likeness (QED) is 0.684. The predicted octanol–water partition coefficient (Wildman–Crippen LogP) is 3.45. The SMILES string of the molecule is CCN(Cc1cccnc1)C1CCN(c2nccc(C)c2C(=O)OC(C)C)C1. The predicted molar refractivity (Wildman–Crippen MR) is 110 cm³/mol. The highest BCUT2D eigenvalue weighted by Crippen LogP contribution is 2.28. The highest BCUT2D eigenvalue weighted by Gasteiger charge is 2.31. The van der Waals surface area contributed by atoms with Gasteiger partial charge in [-0.3, -0.25) is 9.88 Å². The maximum Gasteiger partial charge on any atom is 0.342 e. The van der Waals surface area contributed by atoms with Crippen LogP contribution >= 0.6 is 0 Å². The second kappa shape index (κ2) is 9.15. The molecule has 0 saturated carbocycles. The van der Waals surface area contributed by atoms with Gasteiger partial charge in [-0.25, -0.2) is 9.78 Å². The Hall–Kier alpha value is -2.47. The number of rotatable bonds is 7. The Kier molecular flexibility index (Phi) is 6.62. The smallest absolute Gasteiger partial charge is 0.342 e. The summed E-state index contributed by atoms with van der Waals surface area (Å²) >= 11 is 0. The van der Waals surface area contributed by atoms with Crippen molar-refractivity contribution < 1.29 is 9.53 Å². The summed E-state index contributed by atoms with van der Waals surface area (Å²) in [5.74, 6) is 0.451. The first-order chi connectivity index (χ1) is 13.5. The lowest BCUT2D eigenvalue weighted by Crippen LogP contribution is -2.37. The number of likely N-dealkylation sites (N-methyl/N-ethyl adjacent to an activating group) is 1. The molecule has 6 nitrogen and oxygen atoms in total. The number of ether oxygens (including phenoxy) is 1. The fourth-order valence-corrected chi connectivity index (χ4v) is 3.77. The van der Waals surface area contributed by atoms with E-state index < -0.39 is 0 Å². The Morgan fingerprint density at radius 1 is 1.36 bits per heavy atom. The van der Waals surface area contributed by atoms with Crippen LogP contribution in [0.5, 0.6) is 0 Å². The van der Waals surface area contributed by atoms with Crippen molar-refractivity contribution in [2.45, 2.75) is 52.8 Å². The van der Waals surface area contributed by atoms with Gasteiger partial charge in [0.15, 0.2) is 0 Å². The minimum absolute atomic E-state index is 0.152. The lowest BCUT2D eigenvalue weighted by molar-refractivity contribution is 0.0377. The summed E-state index contributed by atoms with van der Waals surface area (Å²) in [6.07, 6.45) is 6.40. The zero-order chi connectivity index (χ0) is 20.1. The third-order valence-electron chi connectivity index (χ3n) is 5.18. The van der Waals surface area contributed by atoms with E-state index in [-0.39, 0.29) is 12.1 Å². The molecule has 1 aliphatic heterocycles. The van der Waals surface area contributed by atoms with E-state index in [9.17, 15) is 4.79 Å². The average molecular weight is 383 g/mol. The Morgan fingerprint density at radius 3 is 2.86 bits per heavy atom. The first-order valence-electron chi connectivity index (χ1n) is 10.0. The molecule has 2 aromatic rings. The standard InChI is InChI=1S/C22H30N4O2/c1-5-25(14-18-7-6-10-23-13-18)19-9-12-26(15-19)21-20(17(4)8-11-24-21)22(27)28-16(2)3/h6-8,10-11,13,16,19H,5,9,12,14-15H2,1-4H3. The molecule has 0 radical (unpaired) electrons. The number of pyridine rings is 2. The van der Waals surface area contributed by atoms with Gasteiger partial charge in [-0.1, -0.05) is 13.0 Å². The zero-order valence-electron chi connectivity index (χ0n) is 17.3. The number of hydrogen-bond acceptors (Lipinski definition) is 6. The number of carbonyl (C=O) groups is 1. The van der Waals surface area contributed by atoms with Crippen LogP contribution < -0.4 is 4.90 Å². The van der Waals surface area contributed by atoms with Gasteiger partial charge in [-0.05, 0) is 57.0 Å². The van der Waals surface area contributed by atoms with Crippen molar-refractivity contribution in [3.63, 3.8) is 0 Å². The first kappa shape index (κ1) is 20.3. The molecule has 0 N–H and O–H groups in total. The molecule has 0 amide bonds. The summed E-state index contributed by atoms with van der Waals surface area (Å²) in [4.78, 5) is 26.1. The van der Waals surface area contributed by atoms with Crippen LogP contribution in [0.3, 0.4) is 0 Å². The summed E-state index contributed by atoms with van der Waals surface area (Å²) in [5, 5.41) is 0. The van der Waals surface area contributed by atoms with Crippen LogP contribution in [0.25, 0.3) is 0 Å². The first-order valence-corrected chi connectivity index (χ1v) is 10.0. The number of anilines is 1. The maximum atomic E-state index is 12.7. The van der Waals surface area contributed by atoms with Crippen LogP contribution in [-0.2, 0) is 11.3 Å². The van der Waals surface area contributed by atoms with E-state index in [4.69, 9.17) is 4.74 Å². The van der Waals surface area contributed by atoms with Crippen LogP contribution in [0.15, 0.2) is 36.8 Å². The minimum atomic E-state index is -0.290. The molecule has 0 spiro atoms. The second-order valence-corrected chi connectivity index (χ2v) is 7.59. The van der Waals surface area contributed by atoms with Crippen molar-refractivity contribution in [2.24, 2.45) is 0 Å². The molecule has 3 rings (SSSR count). The molecular weight excluding hydrogens is 352 g/mol. The summed E-state index contributed by atoms with van der Waals surface area (Å²) < 4.78 is 5.47. The molecular formula is C22H30N4O2. The van der Waals surface area contributed by atoms with E-state index in [2.05, 4.69) is 32.8 Å². The number of carbonyl (C=O) groups excluding carboxylic acids is 1. The second-order valence-electron chi connectivity index (χ2n) is 7.59. The van der Waals surface area contributed by atoms with E-state index in [0.717, 1.165) is 44.0 Å². The summed E-state index contributed by atoms with van der Waals surface area (Å²) in [7, 11) is 0. The van der Waals surface area contributed by atoms with Gasteiger partial charge >= 0.3 is 5.97 Å². The fraction of sp³-hybridized carbons (Fsp3) is 0.500. The summed E-state index contributed by atoms with van der Waals surface area (Å²) in [6.45, 7) is 11.5. The highest BCUT2D eigenvalue weighted by molar-refractivity contribution is 5.96. The van der Waals surface area contributed by atoms with Crippen molar-refractivity contribution in [3.8, 4) is 0 Å². The summed E-state index contributed by atoms with van der Waals surface area (Å²) in [6, 6.07) is 6.38. The molecule has 1 saturated heterocycles. The average Bonchev–Trinajstić information content (AvgIpc) is 3.16. The number of aromatic nitrogens is 2. The number of esters is 1. The molecule has 6 heteroatoms. The molecule has 0 aromatic carbocycles. The molecule has 1 atom stereocenters. The van der Waals surface area contributed by atoms with Crippen molar-refractivity contribution in [3.05, 3.63) is 53.5 Å². The molecule has 1 aliphatic rings. The van der Waals surface area contributed by atoms with E-state index in [1.807, 2.05) is 39.1 Å². The van der Waals surface area contributed by atoms with E-state index in [1.54, 1.807) is 12.4 Å². The van der Waals surface area contributed by atoms with Gasteiger partial charge in [0.25, 0.3) is 0 Å². The topological polar surface area (TPSA) is 58.6 Å². The molecule has 1 unspecified atom stereocenters. The van der Waals surface area contributed by atoms with Gasteiger partial charge in [0.05, 0.1) is 6.10 Å². The minimum Gasteiger partial charge on any atom is -0.459 e. The fourth-order valence-electron chi connectivity index (χ4n) is 3.77. The van der Waals surface area contributed by atoms with Crippen molar-refractivity contribution >= 4 is 11.8 Å². The lowest BCUT2D eigenvalue weighted by atomic mass is 10.1. The van der Waals surface area contributed by atoms with Crippen molar-refractivity contribution in [1.29, 1.82) is 0 Å². The zero-order valence-corrected chi connectivity index (χ0v) is 17.3. The third-order valence-corrected chi connectivity index (χ3v) is 5.18. The Balaban J connectivity index is 1.76. The summed E-state index contributed by atoms with van der Waals surface area (Å²) in [5.41, 5.74) is 2.71. The van der Waals surface area contributed by atoms with E-state index in [1.165, 1.54) is 5.56 Å². The molecule has 2 aromatic heterocycles. The Bertz CT molecular complexity index is 794. The maximum absolute atomic E-state index is 12.7. The molecule has 150 valence electrons. The number of hydrogen-bond donors (Lipinski definition) is 0. The Labute approximate surface area is 167 Å². The molecule has 28 heavy (non-hydrogen) atoms. The highest BCUT2D eigenvalue weighted by atomic mass is 16.5. The molecule has 1 fully saturated rings. The van der Waals surface area contributed by atoms with Crippen LogP contribution in [0.2, 0.25) is 0 Å². The Morgan fingerprint density at radius 2 is 2.18 bits per heavy atom. The molecule has 0 aliphatic carbocycles. The normalized spacial score (nSPS) is 16.8. The van der Waals surface area contributed by atoms with Crippen LogP contribution in [0.1, 0.15) is 48.7 Å². The van der Waals surface area contributed by atoms with Crippen LogP contribution in [0, 0.1) is 6.92 Å². The number of nitrogens with zero attached hydrogens (tertiary/aromatic N) is 4. The van der Waals surface area contributed by atoms with Gasteiger partial charge < -0.3 is 9.64 Å². The number of aryl methyl sites for hydroxylation is 1. The van der Waals surface area contributed by atoms with Gasteiger partial charge in [0.1, 0.15) is 11.4 Å². The molecule has 3 heterocycles.